The molecule has 0 aromatic carbocycles. The molecule has 0 atom stereocenters. The quantitative estimate of drug-likeness (QED) is 0.464. The Labute approximate surface area is 124 Å². The van der Waals surface area contributed by atoms with Gasteiger partial charge in [-0.05, 0) is 12.8 Å². The van der Waals surface area contributed by atoms with Crippen LogP contribution in [0.4, 0.5) is 5.13 Å². The van der Waals surface area contributed by atoms with E-state index in [1.807, 2.05) is 0 Å². The summed E-state index contributed by atoms with van der Waals surface area (Å²) < 4.78 is 10.2. The molecule has 0 saturated heterocycles. The second-order valence-electron chi connectivity index (χ2n) is 4.50. The zero-order chi connectivity index (χ0) is 14.8. The van der Waals surface area contributed by atoms with Crippen LogP contribution in [0, 0.1) is 0 Å². The monoisotopic (exact) mass is 300 g/mol. The van der Waals surface area contributed by atoms with Crippen LogP contribution in [0.15, 0.2) is 0 Å². The van der Waals surface area contributed by atoms with Gasteiger partial charge in [0.05, 0.1) is 17.2 Å². The summed E-state index contributed by atoms with van der Waals surface area (Å²) in [6, 6.07) is 0. The largest absolute Gasteiger partial charge is 0.385 e. The zero-order valence-corrected chi connectivity index (χ0v) is 13.4. The van der Waals surface area contributed by atoms with Crippen molar-refractivity contribution in [1.29, 1.82) is 0 Å². The molecule has 0 saturated carbocycles. The fourth-order valence-corrected chi connectivity index (χ4v) is 2.88. The first-order chi connectivity index (χ1) is 9.76. The van der Waals surface area contributed by atoms with Gasteiger partial charge in [0.15, 0.2) is 11.4 Å². The highest BCUT2D eigenvalue weighted by molar-refractivity contribution is 7.17. The Morgan fingerprint density at radius 3 is 2.60 bits per heavy atom. The van der Waals surface area contributed by atoms with E-state index in [9.17, 15) is 4.79 Å². The van der Waals surface area contributed by atoms with Crippen LogP contribution in [0.25, 0.3) is 0 Å². The molecule has 1 rings (SSSR count). The SMILES string of the molecule is CCCc1nc(N(CCCOC)CCOC)sc1C=O. The second-order valence-corrected chi connectivity index (χ2v) is 5.51. The highest BCUT2D eigenvalue weighted by Crippen LogP contribution is 2.26. The maximum atomic E-state index is 11.1. The molecule has 1 heterocycles. The number of anilines is 1. The number of hydrogen-bond donors (Lipinski definition) is 0. The number of ether oxygens (including phenoxy) is 2. The van der Waals surface area contributed by atoms with Crippen molar-refractivity contribution in [2.45, 2.75) is 26.2 Å². The fraction of sp³-hybridized carbons (Fsp3) is 0.714. The van der Waals surface area contributed by atoms with E-state index in [-0.39, 0.29) is 0 Å². The van der Waals surface area contributed by atoms with Crippen molar-refractivity contribution >= 4 is 22.8 Å². The van der Waals surface area contributed by atoms with Gasteiger partial charge in [0.1, 0.15) is 0 Å². The molecule has 0 aliphatic carbocycles. The van der Waals surface area contributed by atoms with Crippen molar-refractivity contribution in [3.05, 3.63) is 10.6 Å². The van der Waals surface area contributed by atoms with Crippen LogP contribution in [0.1, 0.15) is 35.1 Å². The molecular formula is C14H24N2O3S. The van der Waals surface area contributed by atoms with Crippen LogP contribution >= 0.6 is 11.3 Å². The third-order valence-corrected chi connectivity index (χ3v) is 4.01. The molecule has 20 heavy (non-hydrogen) atoms. The van der Waals surface area contributed by atoms with Crippen LogP contribution in [-0.4, -0.2) is 51.8 Å². The average Bonchev–Trinajstić information content (AvgIpc) is 2.86. The van der Waals surface area contributed by atoms with E-state index in [1.54, 1.807) is 14.2 Å². The number of hydrogen-bond acceptors (Lipinski definition) is 6. The molecule has 0 aliphatic rings. The van der Waals surface area contributed by atoms with Crippen LogP contribution in [-0.2, 0) is 15.9 Å². The molecular weight excluding hydrogens is 276 g/mol. The Kier molecular flexibility index (Phi) is 8.41. The molecule has 1 aromatic heterocycles. The summed E-state index contributed by atoms with van der Waals surface area (Å²) in [5.41, 5.74) is 0.914. The standard InChI is InChI=1S/C14H24N2O3S/c1-4-6-12-13(11-17)20-14(15-12)16(8-10-19-3)7-5-9-18-2/h11H,4-10H2,1-3H3. The summed E-state index contributed by atoms with van der Waals surface area (Å²) in [4.78, 5) is 18.7. The lowest BCUT2D eigenvalue weighted by Crippen LogP contribution is -2.28. The Morgan fingerprint density at radius 2 is 2.00 bits per heavy atom. The van der Waals surface area contributed by atoms with E-state index in [1.165, 1.54) is 11.3 Å². The molecule has 0 amide bonds. The molecule has 0 fully saturated rings. The lowest BCUT2D eigenvalue weighted by atomic mass is 10.2. The minimum atomic E-state index is 0.645. The van der Waals surface area contributed by atoms with Gasteiger partial charge in [-0.2, -0.15) is 0 Å². The first-order valence-electron chi connectivity index (χ1n) is 6.94. The molecule has 6 heteroatoms. The number of rotatable bonds is 11. The van der Waals surface area contributed by atoms with Crippen LogP contribution in [0.5, 0.6) is 0 Å². The number of thiazole rings is 1. The number of nitrogens with zero attached hydrogens (tertiary/aromatic N) is 2. The Morgan fingerprint density at radius 1 is 1.25 bits per heavy atom. The molecule has 0 radical (unpaired) electrons. The first kappa shape index (κ1) is 17.1. The van der Waals surface area contributed by atoms with Crippen molar-refractivity contribution in [3.63, 3.8) is 0 Å². The van der Waals surface area contributed by atoms with Crippen molar-refractivity contribution in [2.75, 3.05) is 45.4 Å². The summed E-state index contributed by atoms with van der Waals surface area (Å²) in [6.07, 6.45) is 3.68. The third-order valence-electron chi connectivity index (χ3n) is 2.92. The third kappa shape index (κ3) is 5.19. The highest BCUT2D eigenvalue weighted by Gasteiger charge is 2.15. The van der Waals surface area contributed by atoms with Crippen LogP contribution in [0.2, 0.25) is 0 Å². The predicted molar refractivity (Wildman–Crippen MR) is 82.1 cm³/mol. The topological polar surface area (TPSA) is 51.7 Å². The van der Waals surface area contributed by atoms with Crippen LogP contribution < -0.4 is 4.90 Å². The molecule has 0 unspecified atom stereocenters. The minimum Gasteiger partial charge on any atom is -0.385 e. The molecule has 0 spiro atoms. The van der Waals surface area contributed by atoms with E-state index in [0.29, 0.717) is 6.61 Å². The number of aryl methyl sites for hydroxylation is 1. The highest BCUT2D eigenvalue weighted by atomic mass is 32.1. The maximum absolute atomic E-state index is 11.1. The lowest BCUT2D eigenvalue weighted by Gasteiger charge is -2.21. The van der Waals surface area contributed by atoms with Gasteiger partial charge in [0.25, 0.3) is 0 Å². The van der Waals surface area contributed by atoms with Crippen molar-refractivity contribution in [1.82, 2.24) is 4.98 Å². The minimum absolute atomic E-state index is 0.645. The normalized spacial score (nSPS) is 10.8. The Bertz CT molecular complexity index is 396. The Balaban J connectivity index is 2.79. The van der Waals surface area contributed by atoms with Crippen molar-refractivity contribution in [3.8, 4) is 0 Å². The van der Waals surface area contributed by atoms with Gasteiger partial charge in [0, 0.05) is 33.9 Å². The maximum Gasteiger partial charge on any atom is 0.186 e. The van der Waals surface area contributed by atoms with Crippen LogP contribution in [0.3, 0.4) is 0 Å². The molecule has 114 valence electrons. The number of methoxy groups -OCH3 is 2. The second kappa shape index (κ2) is 9.85. The van der Waals surface area contributed by atoms with E-state index < -0.39 is 0 Å². The summed E-state index contributed by atoms with van der Waals surface area (Å²) >= 11 is 1.47. The fourth-order valence-electron chi connectivity index (χ4n) is 1.90. The van der Waals surface area contributed by atoms with Crippen molar-refractivity contribution in [2.24, 2.45) is 0 Å². The van der Waals surface area contributed by atoms with Gasteiger partial charge in [-0.15, -0.1) is 0 Å². The summed E-state index contributed by atoms with van der Waals surface area (Å²) in [5, 5.41) is 0.906. The molecule has 5 nitrogen and oxygen atoms in total. The molecule has 1 aromatic rings. The van der Waals surface area contributed by atoms with Gasteiger partial charge in [-0.3, -0.25) is 4.79 Å². The van der Waals surface area contributed by atoms with E-state index in [0.717, 1.165) is 60.9 Å². The first-order valence-corrected chi connectivity index (χ1v) is 7.76. The van der Waals surface area contributed by atoms with Gasteiger partial charge in [0.2, 0.25) is 0 Å². The summed E-state index contributed by atoms with van der Waals surface area (Å²) in [5.74, 6) is 0. The van der Waals surface area contributed by atoms with Gasteiger partial charge in [-0.1, -0.05) is 24.7 Å². The van der Waals surface area contributed by atoms with Gasteiger partial charge in [-0.25, -0.2) is 4.98 Å². The number of carbonyl (C=O) groups is 1. The van der Waals surface area contributed by atoms with E-state index in [4.69, 9.17) is 9.47 Å². The van der Waals surface area contributed by atoms with Gasteiger partial charge < -0.3 is 14.4 Å². The van der Waals surface area contributed by atoms with Gasteiger partial charge >= 0.3 is 0 Å². The molecule has 0 bridgehead atoms. The van der Waals surface area contributed by atoms with E-state index in [2.05, 4.69) is 16.8 Å². The molecule has 0 N–H and O–H groups in total. The zero-order valence-electron chi connectivity index (χ0n) is 12.6. The summed E-state index contributed by atoms with van der Waals surface area (Å²) in [7, 11) is 3.39. The van der Waals surface area contributed by atoms with Crippen molar-refractivity contribution < 1.29 is 14.3 Å². The van der Waals surface area contributed by atoms with E-state index >= 15 is 0 Å². The summed E-state index contributed by atoms with van der Waals surface area (Å²) in [6.45, 7) is 5.09. The predicted octanol–water partition coefficient (Wildman–Crippen LogP) is 2.40. The molecule has 0 aliphatic heterocycles. The number of aromatic nitrogens is 1. The smallest absolute Gasteiger partial charge is 0.186 e. The average molecular weight is 300 g/mol. The number of carbonyl (C=O) groups excluding carboxylic acids is 1. The lowest BCUT2D eigenvalue weighted by molar-refractivity contribution is 0.112. The number of aldehydes is 1. The Hall–Kier alpha value is -0.980.